The summed E-state index contributed by atoms with van der Waals surface area (Å²) in [5.74, 6) is 0. The van der Waals surface area contributed by atoms with Crippen molar-refractivity contribution in [3.63, 3.8) is 0 Å². The Hall–Kier alpha value is -0.0800. The molecule has 10 heavy (non-hydrogen) atoms. The van der Waals surface area contributed by atoms with Crippen LogP contribution >= 0.6 is 0 Å². The second kappa shape index (κ2) is 3.94. The molecule has 2 atom stereocenters. The van der Waals surface area contributed by atoms with Crippen molar-refractivity contribution in [1.82, 2.24) is 0 Å². The maximum atomic E-state index is 5.44. The van der Waals surface area contributed by atoms with Gasteiger partial charge in [0.1, 0.15) is 0 Å². The summed E-state index contributed by atoms with van der Waals surface area (Å²) in [6.45, 7) is 7.43. The minimum atomic E-state index is 0.0497. The van der Waals surface area contributed by atoms with Crippen LogP contribution in [-0.2, 0) is 9.47 Å². The molecule has 0 spiro atoms. The molecule has 2 unspecified atom stereocenters. The van der Waals surface area contributed by atoms with Crippen LogP contribution in [0.5, 0.6) is 0 Å². The zero-order valence-electron chi connectivity index (χ0n) is 6.51. The lowest BCUT2D eigenvalue weighted by atomic mass is 10.1. The van der Waals surface area contributed by atoms with Crippen molar-refractivity contribution in [3.8, 4) is 0 Å². The summed E-state index contributed by atoms with van der Waals surface area (Å²) in [7, 11) is 0. The first-order valence-corrected chi connectivity index (χ1v) is 3.91. The first kappa shape index (κ1) is 8.02. The van der Waals surface area contributed by atoms with Crippen molar-refractivity contribution >= 4 is 0 Å². The van der Waals surface area contributed by atoms with Crippen LogP contribution in [0.25, 0.3) is 0 Å². The SMILES string of the molecule is [CH2]C1OCCOC1CCC. The number of hydrogen-bond acceptors (Lipinski definition) is 2. The lowest BCUT2D eigenvalue weighted by Crippen LogP contribution is -2.36. The van der Waals surface area contributed by atoms with Crippen molar-refractivity contribution in [2.75, 3.05) is 13.2 Å². The van der Waals surface area contributed by atoms with Gasteiger partial charge >= 0.3 is 0 Å². The zero-order chi connectivity index (χ0) is 7.40. The van der Waals surface area contributed by atoms with Crippen LogP contribution in [0.15, 0.2) is 0 Å². The molecule has 0 N–H and O–H groups in total. The van der Waals surface area contributed by atoms with Gasteiger partial charge in [-0.05, 0) is 13.3 Å². The van der Waals surface area contributed by atoms with E-state index < -0.39 is 0 Å². The molecule has 1 radical (unpaired) electrons. The fourth-order valence-electron chi connectivity index (χ4n) is 1.17. The van der Waals surface area contributed by atoms with E-state index in [1.807, 2.05) is 0 Å². The van der Waals surface area contributed by atoms with E-state index >= 15 is 0 Å². The Balaban J connectivity index is 2.25. The molecule has 1 aliphatic heterocycles. The van der Waals surface area contributed by atoms with Crippen LogP contribution in [0.4, 0.5) is 0 Å². The van der Waals surface area contributed by atoms with Crippen molar-refractivity contribution in [2.24, 2.45) is 0 Å². The second-order valence-electron chi connectivity index (χ2n) is 2.61. The van der Waals surface area contributed by atoms with Crippen LogP contribution < -0.4 is 0 Å². The highest BCUT2D eigenvalue weighted by Gasteiger charge is 2.21. The van der Waals surface area contributed by atoms with Crippen LogP contribution in [0, 0.1) is 6.92 Å². The highest BCUT2D eigenvalue weighted by atomic mass is 16.6. The quantitative estimate of drug-likeness (QED) is 0.581. The van der Waals surface area contributed by atoms with Gasteiger partial charge in [0, 0.05) is 0 Å². The molecule has 59 valence electrons. The molecule has 1 saturated heterocycles. The van der Waals surface area contributed by atoms with Gasteiger partial charge in [-0.1, -0.05) is 13.3 Å². The van der Waals surface area contributed by atoms with E-state index in [1.165, 1.54) is 0 Å². The van der Waals surface area contributed by atoms with Crippen LogP contribution in [-0.4, -0.2) is 25.4 Å². The average Bonchev–Trinajstić information content (AvgIpc) is 1.94. The Kier molecular flexibility index (Phi) is 3.16. The highest BCUT2D eigenvalue weighted by Crippen LogP contribution is 2.13. The predicted octanol–water partition coefficient (Wildman–Crippen LogP) is 1.40. The Morgan fingerprint density at radius 1 is 1.40 bits per heavy atom. The van der Waals surface area contributed by atoms with Gasteiger partial charge in [-0.15, -0.1) is 0 Å². The molecule has 0 amide bonds. The Morgan fingerprint density at radius 2 is 2.10 bits per heavy atom. The molecule has 0 bridgehead atoms. The molecule has 1 heterocycles. The first-order valence-electron chi connectivity index (χ1n) is 3.91. The minimum absolute atomic E-state index is 0.0497. The Morgan fingerprint density at radius 3 is 2.70 bits per heavy atom. The molecule has 0 aliphatic carbocycles. The monoisotopic (exact) mass is 143 g/mol. The third-order valence-corrected chi connectivity index (χ3v) is 1.74. The lowest BCUT2D eigenvalue weighted by Gasteiger charge is -2.28. The van der Waals surface area contributed by atoms with Crippen molar-refractivity contribution in [2.45, 2.75) is 32.0 Å². The van der Waals surface area contributed by atoms with Gasteiger partial charge < -0.3 is 9.47 Å². The standard InChI is InChI=1S/C8H15O2/c1-3-4-8-7(2)9-5-6-10-8/h7-8H,2-6H2,1H3. The van der Waals surface area contributed by atoms with Crippen molar-refractivity contribution in [3.05, 3.63) is 6.92 Å². The largest absolute Gasteiger partial charge is 0.373 e. The van der Waals surface area contributed by atoms with Crippen molar-refractivity contribution in [1.29, 1.82) is 0 Å². The molecular formula is C8H15O2. The molecular weight excluding hydrogens is 128 g/mol. The van der Waals surface area contributed by atoms with E-state index in [-0.39, 0.29) is 12.2 Å². The van der Waals surface area contributed by atoms with E-state index in [0.717, 1.165) is 19.4 Å². The molecule has 0 aromatic heterocycles. The van der Waals surface area contributed by atoms with Gasteiger partial charge in [-0.25, -0.2) is 0 Å². The zero-order valence-corrected chi connectivity index (χ0v) is 6.51. The van der Waals surface area contributed by atoms with Gasteiger partial charge in [-0.2, -0.15) is 0 Å². The summed E-state index contributed by atoms with van der Waals surface area (Å²) >= 11 is 0. The van der Waals surface area contributed by atoms with Crippen LogP contribution in [0.2, 0.25) is 0 Å². The fourth-order valence-corrected chi connectivity index (χ4v) is 1.17. The van der Waals surface area contributed by atoms with Gasteiger partial charge in [0.2, 0.25) is 0 Å². The maximum absolute atomic E-state index is 5.44. The molecule has 1 aliphatic rings. The highest BCUT2D eigenvalue weighted by molar-refractivity contribution is 4.75. The molecule has 1 rings (SSSR count). The average molecular weight is 143 g/mol. The second-order valence-corrected chi connectivity index (χ2v) is 2.61. The summed E-state index contributed by atoms with van der Waals surface area (Å²) in [6.07, 6.45) is 2.49. The summed E-state index contributed by atoms with van der Waals surface area (Å²) < 4.78 is 10.7. The molecule has 0 aromatic carbocycles. The van der Waals surface area contributed by atoms with E-state index in [0.29, 0.717) is 6.61 Å². The smallest absolute Gasteiger partial charge is 0.0838 e. The third kappa shape index (κ3) is 1.96. The first-order chi connectivity index (χ1) is 4.84. The number of ether oxygens (including phenoxy) is 2. The Labute approximate surface area is 62.5 Å². The third-order valence-electron chi connectivity index (χ3n) is 1.74. The van der Waals surface area contributed by atoms with Crippen LogP contribution in [0.1, 0.15) is 19.8 Å². The predicted molar refractivity (Wildman–Crippen MR) is 39.7 cm³/mol. The van der Waals surface area contributed by atoms with E-state index in [2.05, 4.69) is 13.8 Å². The van der Waals surface area contributed by atoms with Crippen molar-refractivity contribution < 1.29 is 9.47 Å². The fraction of sp³-hybridized carbons (Fsp3) is 0.875. The molecule has 1 fully saturated rings. The van der Waals surface area contributed by atoms with E-state index in [1.54, 1.807) is 0 Å². The van der Waals surface area contributed by atoms with Crippen LogP contribution in [0.3, 0.4) is 0 Å². The molecule has 2 heteroatoms. The maximum Gasteiger partial charge on any atom is 0.0838 e. The van der Waals surface area contributed by atoms with Gasteiger partial charge in [0.15, 0.2) is 0 Å². The summed E-state index contributed by atoms with van der Waals surface area (Å²) in [6, 6.07) is 0. The number of hydrogen-bond donors (Lipinski definition) is 0. The minimum Gasteiger partial charge on any atom is -0.373 e. The van der Waals surface area contributed by atoms with E-state index in [9.17, 15) is 0 Å². The summed E-state index contributed by atoms with van der Waals surface area (Å²) in [5, 5.41) is 0. The number of rotatable bonds is 2. The molecule has 0 saturated carbocycles. The van der Waals surface area contributed by atoms with Gasteiger partial charge in [0.25, 0.3) is 0 Å². The summed E-state index contributed by atoms with van der Waals surface area (Å²) in [4.78, 5) is 0. The topological polar surface area (TPSA) is 18.5 Å². The summed E-state index contributed by atoms with van der Waals surface area (Å²) in [5.41, 5.74) is 0. The van der Waals surface area contributed by atoms with Gasteiger partial charge in [-0.3, -0.25) is 0 Å². The molecule has 0 aromatic rings. The van der Waals surface area contributed by atoms with Gasteiger partial charge in [0.05, 0.1) is 25.4 Å². The van der Waals surface area contributed by atoms with E-state index in [4.69, 9.17) is 9.47 Å². The molecule has 2 nitrogen and oxygen atoms in total. The normalized spacial score (nSPS) is 34.2. The lowest BCUT2D eigenvalue weighted by molar-refractivity contribution is -0.124. The Bertz CT molecular complexity index is 91.3.